The average Bonchev–Trinajstić information content (AvgIpc) is 0.790. The van der Waals surface area contributed by atoms with Gasteiger partial charge in [-0.3, -0.25) is 0 Å². The van der Waals surface area contributed by atoms with E-state index in [1.54, 1.807) is 12.1 Å². The van der Waals surface area contributed by atoms with Crippen LogP contribution in [0.2, 0.25) is 0 Å². The van der Waals surface area contributed by atoms with Crippen LogP contribution in [-0.2, 0) is 5.41 Å². The van der Waals surface area contributed by atoms with Crippen LogP contribution in [0.1, 0.15) is 70.0 Å². The first-order valence-corrected chi connectivity index (χ1v) is 31.7. The van der Waals surface area contributed by atoms with Gasteiger partial charge in [0.25, 0.3) is 0 Å². The molecule has 3 aliphatic carbocycles. The van der Waals surface area contributed by atoms with E-state index >= 15 is 0 Å². The topological polar surface area (TPSA) is 13.1 Å². The molecule has 2 atom stereocenters. The van der Waals surface area contributed by atoms with Crippen molar-refractivity contribution >= 4 is 98.7 Å². The van der Waals surface area contributed by atoms with Gasteiger partial charge < -0.3 is 4.42 Å². The van der Waals surface area contributed by atoms with Gasteiger partial charge in [0, 0.05) is 28.0 Å². The molecular weight excluding hydrogens is 1110 g/mol. The lowest BCUT2D eigenvalue weighted by atomic mass is 9.71. The van der Waals surface area contributed by atoms with E-state index in [0.717, 1.165) is 21.9 Å². The van der Waals surface area contributed by atoms with Crippen molar-refractivity contribution in [1.29, 1.82) is 0 Å². The zero-order chi connectivity index (χ0) is 67.7. The second kappa shape index (κ2) is 20.3. The number of hydrogen-bond acceptors (Lipinski definition) is 1. The fraction of sp³-hybridized carbons (Fsp3) is 0.0549. The molecule has 0 fully saturated rings. The van der Waals surface area contributed by atoms with Gasteiger partial charge in [0.1, 0.15) is 11.2 Å². The summed E-state index contributed by atoms with van der Waals surface area (Å²) in [5.41, 5.74) is 21.1. The third-order valence-corrected chi connectivity index (χ3v) is 20.3. The normalized spacial score (nSPS) is 16.3. The van der Waals surface area contributed by atoms with Crippen molar-refractivity contribution in [2.75, 3.05) is 0 Å². The molecule has 0 saturated heterocycles. The molecule has 0 bridgehead atoms. The Morgan fingerprint density at radius 2 is 0.848 bits per heavy atom. The zero-order valence-electron chi connectivity index (χ0n) is 58.5. The first-order chi connectivity index (χ1) is 48.7. The molecule has 0 amide bonds. The summed E-state index contributed by atoms with van der Waals surface area (Å²) < 4.78 is 77.3. The van der Waals surface area contributed by atoms with Crippen LogP contribution < -0.4 is 0 Å². The molecule has 16 aromatic carbocycles. The summed E-state index contributed by atoms with van der Waals surface area (Å²) in [7, 11) is 0. The van der Waals surface area contributed by atoms with Crippen LogP contribution in [0.15, 0.2) is 308 Å². The van der Waals surface area contributed by atoms with Gasteiger partial charge in [-0.15, -0.1) is 0 Å². The molecule has 1 heterocycles. The van der Waals surface area contributed by atoms with Crippen molar-refractivity contribution in [3.63, 3.8) is 0 Å². The fourth-order valence-electron chi connectivity index (χ4n) is 15.9. The Bertz CT molecular complexity index is 6360. The number of benzene rings is 16. The largest absolute Gasteiger partial charge is 0.456 e. The van der Waals surface area contributed by atoms with Crippen molar-refractivity contribution in [2.24, 2.45) is 0 Å². The average molecular weight is 1180 g/mol. The molecule has 92 heavy (non-hydrogen) atoms. The lowest BCUT2D eigenvalue weighted by molar-refractivity contribution is 0.655. The number of para-hydroxylation sites is 1. The van der Waals surface area contributed by atoms with E-state index in [2.05, 4.69) is 184 Å². The molecule has 430 valence electrons. The van der Waals surface area contributed by atoms with Gasteiger partial charge in [-0.25, -0.2) is 0 Å². The number of furan rings is 1. The van der Waals surface area contributed by atoms with Crippen molar-refractivity contribution in [3.05, 3.63) is 337 Å². The van der Waals surface area contributed by atoms with Crippen LogP contribution in [-0.4, -0.2) is 0 Å². The second-order valence-electron chi connectivity index (χ2n) is 25.5. The molecule has 0 spiro atoms. The lowest BCUT2D eigenvalue weighted by Gasteiger charge is -2.33. The number of allylic oxidation sites excluding steroid dienone is 2. The number of rotatable bonds is 6. The molecule has 1 nitrogen and oxygen atoms in total. The summed E-state index contributed by atoms with van der Waals surface area (Å²) in [6.45, 7) is 4.82. The van der Waals surface area contributed by atoms with Crippen LogP contribution in [0.25, 0.3) is 165 Å². The highest BCUT2D eigenvalue weighted by atomic mass is 16.3. The monoisotopic (exact) mass is 1180 g/mol. The second-order valence-corrected chi connectivity index (χ2v) is 25.5. The van der Waals surface area contributed by atoms with Crippen molar-refractivity contribution in [2.45, 2.75) is 31.1 Å². The summed E-state index contributed by atoms with van der Waals surface area (Å²) in [4.78, 5) is 0. The Morgan fingerprint density at radius 3 is 1.60 bits per heavy atom. The van der Waals surface area contributed by atoms with E-state index in [9.17, 15) is 2.74 Å². The Labute approximate surface area is 545 Å². The molecule has 20 rings (SSSR count). The highest BCUT2D eigenvalue weighted by Gasteiger charge is 2.38. The maximum absolute atomic E-state index is 9.18. The Hall–Kier alpha value is -11.4. The van der Waals surface area contributed by atoms with Crippen LogP contribution in [0.3, 0.4) is 0 Å². The number of hydrogen-bond donors (Lipinski definition) is 0. The molecule has 0 radical (unpaired) electrons. The van der Waals surface area contributed by atoms with Crippen LogP contribution in [0.4, 0.5) is 0 Å². The molecule has 2 unspecified atom stereocenters. The van der Waals surface area contributed by atoms with Crippen molar-refractivity contribution in [3.8, 4) is 66.8 Å². The SMILES string of the molecule is CC1(C)c2cc(-c3ccc(-c4ccc5ccc6cccc7ccc4c5c67)cc3)ccc2-c2ccc(C3C=Cc4ccc5cccc6c5c4C3C=C6)cc21.[2H]c1c([2H])c([2H])c2c(-c3ccc4oc5ccccc5c4c3)c3c([2H])c([2H])c([2H])c([2H])c3c(-c3ccc(-c4ccccc4)cc3)c2c1[2H]. The van der Waals surface area contributed by atoms with Crippen molar-refractivity contribution < 1.29 is 15.4 Å². The Balaban J connectivity index is 0.000000140. The first-order valence-electron chi connectivity index (χ1n) is 35.7. The predicted molar refractivity (Wildman–Crippen MR) is 391 cm³/mol. The van der Waals surface area contributed by atoms with Gasteiger partial charge in [0.05, 0.1) is 11.0 Å². The van der Waals surface area contributed by atoms with E-state index in [4.69, 9.17) is 12.6 Å². The van der Waals surface area contributed by atoms with E-state index in [1.165, 1.54) is 110 Å². The summed E-state index contributed by atoms with van der Waals surface area (Å²) in [5, 5.41) is 13.1. The van der Waals surface area contributed by atoms with E-state index in [0.29, 0.717) is 45.3 Å². The van der Waals surface area contributed by atoms with Crippen LogP contribution >= 0.6 is 0 Å². The number of fused-ring (bicyclic) bond motifs is 8. The molecular formula is C91H60O. The van der Waals surface area contributed by atoms with E-state index < -0.39 is 24.2 Å². The molecule has 17 aromatic rings. The summed E-state index contributed by atoms with van der Waals surface area (Å²) in [6, 6.07) is 82.7. The highest BCUT2D eigenvalue weighted by Crippen LogP contribution is 2.54. The minimum atomic E-state index is -0.427. The van der Waals surface area contributed by atoms with Gasteiger partial charge in [-0.05, 0) is 189 Å². The van der Waals surface area contributed by atoms with E-state index in [1.807, 2.05) is 84.9 Å². The molecule has 1 heteroatoms. The maximum Gasteiger partial charge on any atom is 0.135 e. The predicted octanol–water partition coefficient (Wildman–Crippen LogP) is 25.2. The zero-order valence-corrected chi connectivity index (χ0v) is 50.5. The minimum absolute atomic E-state index is 0.100. The maximum atomic E-state index is 9.18. The Morgan fingerprint density at radius 1 is 0.326 bits per heavy atom. The minimum Gasteiger partial charge on any atom is -0.456 e. The van der Waals surface area contributed by atoms with Gasteiger partial charge in [0.15, 0.2) is 0 Å². The van der Waals surface area contributed by atoms with Gasteiger partial charge in [0.2, 0.25) is 0 Å². The molecule has 0 aliphatic heterocycles. The first kappa shape index (κ1) is 45.0. The Kier molecular flexibility index (Phi) is 9.93. The molecule has 0 saturated carbocycles. The van der Waals surface area contributed by atoms with Crippen molar-refractivity contribution in [1.82, 2.24) is 0 Å². The molecule has 3 aliphatic rings. The van der Waals surface area contributed by atoms with Gasteiger partial charge in [-0.1, -0.05) is 305 Å². The van der Waals surface area contributed by atoms with Gasteiger partial charge >= 0.3 is 0 Å². The summed E-state index contributed by atoms with van der Waals surface area (Å²) in [5.74, 6) is 0.652. The highest BCUT2D eigenvalue weighted by molar-refractivity contribution is 6.26. The molecule has 1 aromatic heterocycles. The lowest BCUT2D eigenvalue weighted by Crippen LogP contribution is -2.18. The van der Waals surface area contributed by atoms with Crippen LogP contribution in [0, 0.1) is 0 Å². The van der Waals surface area contributed by atoms with E-state index in [-0.39, 0.29) is 51.1 Å². The fourth-order valence-corrected chi connectivity index (χ4v) is 15.9. The standard InChI is InChI=1S/C53H36.C38H24O/c1-53(2)47-29-39(31-9-11-32(12-10-31)41-23-17-37-15-13-33-5-3-7-35-19-27-45(41)51(37)49(33)35)21-25-43(47)44-26-22-40(30-48(44)53)42-24-18-38-16-14-34-6-4-8-36-20-28-46(42)52(38)50(34)36;1-2-10-25(11-3-1)26-18-20-27(21-19-26)37-30-13-4-6-15-32(30)38(33-16-7-5-14-31(33)37)28-22-23-36-34(24-28)29-12-8-9-17-35(29)39-36/h3-30,42,46H,1-2H3;1-24H/i;4D,5D,6D,7D,13D,14D,15D,16D. The third-order valence-electron chi connectivity index (χ3n) is 20.3. The van der Waals surface area contributed by atoms with Gasteiger partial charge in [-0.2, -0.15) is 0 Å². The third kappa shape index (κ3) is 8.05. The summed E-state index contributed by atoms with van der Waals surface area (Å²) >= 11 is 0. The van der Waals surface area contributed by atoms with Crippen LogP contribution in [0.5, 0.6) is 0 Å². The molecule has 0 N–H and O–H groups in total. The summed E-state index contributed by atoms with van der Waals surface area (Å²) in [6.07, 6.45) is 9.60. The smallest absolute Gasteiger partial charge is 0.135 e. The quantitative estimate of drug-likeness (QED) is 0.119.